The van der Waals surface area contributed by atoms with Gasteiger partial charge in [-0.25, -0.2) is 0 Å². The molecule has 0 bridgehead atoms. The van der Waals surface area contributed by atoms with E-state index in [0.717, 1.165) is 6.08 Å². The first kappa shape index (κ1) is 5.70. The summed E-state index contributed by atoms with van der Waals surface area (Å²) in [6, 6.07) is 0. The molecule has 0 spiro atoms. The van der Waals surface area contributed by atoms with Crippen molar-refractivity contribution in [1.29, 1.82) is 0 Å². The third-order valence-corrected chi connectivity index (χ3v) is 0.360. The number of carbonyl (C=O) groups excluding carboxylic acids is 1. The molecular weight excluding hydrogens is 92.1 g/mol. The molecule has 0 aliphatic rings. The Morgan fingerprint density at radius 1 is 2.00 bits per heavy atom. The van der Waals surface area contributed by atoms with Crippen LogP contribution < -0.4 is 5.43 Å². The first-order valence-corrected chi connectivity index (χ1v) is 1.63. The molecule has 3 nitrogen and oxygen atoms in total. The lowest BCUT2D eigenvalue weighted by Gasteiger charge is -1.69. The minimum atomic E-state index is -0.400. The number of nitrogens with one attached hydrogen (secondary N) is 1. The van der Waals surface area contributed by atoms with Gasteiger partial charge in [0.2, 0.25) is 0 Å². The van der Waals surface area contributed by atoms with Crippen molar-refractivity contribution in [2.45, 2.75) is 0 Å². The summed E-state index contributed by atoms with van der Waals surface area (Å²) >= 11 is 0. The molecular formula is C4H5N2O+. The summed E-state index contributed by atoms with van der Waals surface area (Å²) in [6.07, 6.45) is 1.08. The lowest BCUT2D eigenvalue weighted by molar-refractivity contribution is -0.115. The molecule has 0 aliphatic heterocycles. The van der Waals surface area contributed by atoms with Crippen LogP contribution in [0.25, 0.3) is 4.95 Å². The average Bonchev–Trinajstić information content (AvgIpc) is 1.68. The van der Waals surface area contributed by atoms with Crippen LogP contribution in [-0.4, -0.2) is 5.91 Å². The van der Waals surface area contributed by atoms with E-state index in [4.69, 9.17) is 0 Å². The van der Waals surface area contributed by atoms with Crippen molar-refractivity contribution in [3.05, 3.63) is 17.6 Å². The Morgan fingerprint density at radius 3 is 2.71 bits per heavy atom. The highest BCUT2D eigenvalue weighted by atomic mass is 16.2. The van der Waals surface area contributed by atoms with Gasteiger partial charge in [0.1, 0.15) is 0 Å². The standard InChI is InChI=1S/C4H4N2O/c1-3-4(7)6-5-2/h2-3H,1H2/p+1. The zero-order valence-corrected chi connectivity index (χ0v) is 3.72. The van der Waals surface area contributed by atoms with Gasteiger partial charge in [-0.1, -0.05) is 6.58 Å². The average molecular weight is 97.1 g/mol. The van der Waals surface area contributed by atoms with Crippen molar-refractivity contribution in [1.82, 2.24) is 5.43 Å². The zero-order valence-electron chi connectivity index (χ0n) is 3.72. The second kappa shape index (κ2) is 2.91. The van der Waals surface area contributed by atoms with Crippen LogP contribution in [0.1, 0.15) is 0 Å². The van der Waals surface area contributed by atoms with Gasteiger partial charge in [0.05, 0.1) is 4.95 Å². The van der Waals surface area contributed by atoms with Crippen LogP contribution in [0.2, 0.25) is 0 Å². The van der Waals surface area contributed by atoms with Gasteiger partial charge < -0.3 is 0 Å². The summed E-state index contributed by atoms with van der Waals surface area (Å²) in [5.74, 6) is -0.400. The number of hydrogen-bond donors (Lipinski definition) is 1. The third kappa shape index (κ3) is 2.50. The highest BCUT2D eigenvalue weighted by Gasteiger charge is 1.92. The van der Waals surface area contributed by atoms with E-state index in [9.17, 15) is 4.79 Å². The van der Waals surface area contributed by atoms with Crippen molar-refractivity contribution in [2.24, 2.45) is 0 Å². The Hall–Kier alpha value is -1.30. The molecule has 0 heterocycles. The van der Waals surface area contributed by atoms with Gasteiger partial charge in [-0.05, 0) is 5.43 Å². The Labute approximate surface area is 41.4 Å². The maximum Gasteiger partial charge on any atom is 0.314 e. The van der Waals surface area contributed by atoms with Crippen molar-refractivity contribution in [3.63, 3.8) is 0 Å². The summed E-state index contributed by atoms with van der Waals surface area (Å²) in [5, 5.41) is 0. The normalized spacial score (nSPS) is 6.14. The fraction of sp³-hybridized carbons (Fsp3) is 0. The van der Waals surface area contributed by atoms with Gasteiger partial charge in [0.25, 0.3) is 0 Å². The van der Waals surface area contributed by atoms with E-state index < -0.39 is 5.91 Å². The Kier molecular flexibility index (Phi) is 2.37. The van der Waals surface area contributed by atoms with E-state index in [0.29, 0.717) is 0 Å². The zero-order chi connectivity index (χ0) is 5.70. The largest absolute Gasteiger partial charge is 0.314 e. The smallest absolute Gasteiger partial charge is 0.263 e. The van der Waals surface area contributed by atoms with Crippen LogP contribution in [-0.2, 0) is 4.79 Å². The number of hydrogen-bond acceptors (Lipinski definition) is 1. The molecule has 1 N–H and O–H groups in total. The summed E-state index contributed by atoms with van der Waals surface area (Å²) in [4.78, 5) is 12.8. The molecule has 7 heavy (non-hydrogen) atoms. The SMILES string of the molecule is C#[N+]NC(=O)C=C. The number of carbonyl (C=O) groups is 1. The Bertz CT molecular complexity index is 122. The van der Waals surface area contributed by atoms with Gasteiger partial charge in [0.15, 0.2) is 0 Å². The second-order valence-corrected chi connectivity index (χ2v) is 0.809. The number of rotatable bonds is 1. The van der Waals surface area contributed by atoms with E-state index in [1.54, 1.807) is 0 Å². The predicted octanol–water partition coefficient (Wildman–Crippen LogP) is 0.166. The molecule has 0 atom stereocenters. The van der Waals surface area contributed by atoms with Crippen molar-refractivity contribution in [3.8, 4) is 6.57 Å². The van der Waals surface area contributed by atoms with Crippen molar-refractivity contribution in [2.75, 3.05) is 0 Å². The molecule has 3 heteroatoms. The molecule has 0 unspecified atom stereocenters. The monoisotopic (exact) mass is 97.0 g/mol. The van der Waals surface area contributed by atoms with Gasteiger partial charge in [-0.2, -0.15) is 0 Å². The summed E-state index contributed by atoms with van der Waals surface area (Å²) in [6.45, 7) is 7.70. The number of nitrogens with zero attached hydrogens (tertiary/aromatic N) is 1. The summed E-state index contributed by atoms with van der Waals surface area (Å²) in [7, 11) is 0. The predicted molar refractivity (Wildman–Crippen MR) is 26.6 cm³/mol. The van der Waals surface area contributed by atoms with E-state index in [2.05, 4.69) is 18.1 Å². The maximum absolute atomic E-state index is 10.0. The van der Waals surface area contributed by atoms with Crippen molar-refractivity contribution >= 4 is 5.91 Å². The van der Waals surface area contributed by atoms with E-state index in [-0.39, 0.29) is 0 Å². The molecule has 1 amide bonds. The first-order valence-electron chi connectivity index (χ1n) is 1.63. The van der Waals surface area contributed by atoms with Gasteiger partial charge in [-0.3, -0.25) is 4.79 Å². The second-order valence-electron chi connectivity index (χ2n) is 0.809. The van der Waals surface area contributed by atoms with Crippen LogP contribution in [0.4, 0.5) is 0 Å². The fourth-order valence-corrected chi connectivity index (χ4v) is 0.109. The molecule has 0 aliphatic carbocycles. The highest BCUT2D eigenvalue weighted by molar-refractivity contribution is 5.87. The molecule has 0 aromatic rings. The molecule has 36 valence electrons. The van der Waals surface area contributed by atoms with Crippen LogP contribution in [0.5, 0.6) is 0 Å². The van der Waals surface area contributed by atoms with Gasteiger partial charge in [-0.15, -0.1) is 0 Å². The molecule has 0 rings (SSSR count). The fourth-order valence-electron chi connectivity index (χ4n) is 0.109. The van der Waals surface area contributed by atoms with Crippen molar-refractivity contribution < 1.29 is 4.79 Å². The number of amides is 1. The van der Waals surface area contributed by atoms with Gasteiger partial charge >= 0.3 is 12.5 Å². The Morgan fingerprint density at radius 2 is 2.57 bits per heavy atom. The van der Waals surface area contributed by atoms with Crippen LogP contribution in [0, 0.1) is 6.57 Å². The minimum absolute atomic E-state index is 0.400. The quantitative estimate of drug-likeness (QED) is 0.367. The van der Waals surface area contributed by atoms with Crippen LogP contribution >= 0.6 is 0 Å². The van der Waals surface area contributed by atoms with Crippen LogP contribution in [0.15, 0.2) is 12.7 Å². The third-order valence-electron chi connectivity index (χ3n) is 0.360. The molecule has 0 saturated carbocycles. The topological polar surface area (TPSA) is 33.5 Å². The highest BCUT2D eigenvalue weighted by Crippen LogP contribution is 1.61. The minimum Gasteiger partial charge on any atom is -0.263 e. The van der Waals surface area contributed by atoms with Gasteiger partial charge in [0, 0.05) is 6.08 Å². The molecule has 0 aromatic carbocycles. The van der Waals surface area contributed by atoms with Crippen LogP contribution in [0.3, 0.4) is 0 Å². The molecule has 0 aromatic heterocycles. The maximum atomic E-state index is 10.0. The summed E-state index contributed by atoms with van der Waals surface area (Å²) < 4.78 is 0. The lowest BCUT2D eigenvalue weighted by Crippen LogP contribution is -2.09. The molecule has 0 saturated heterocycles. The first-order chi connectivity index (χ1) is 3.31. The van der Waals surface area contributed by atoms with E-state index in [1.807, 2.05) is 5.43 Å². The lowest BCUT2D eigenvalue weighted by atomic mass is 10.6. The van der Waals surface area contributed by atoms with E-state index in [1.165, 1.54) is 0 Å². The summed E-state index contributed by atoms with van der Waals surface area (Å²) in [5.41, 5.74) is 1.94. The Balaban J connectivity index is 3.42. The van der Waals surface area contributed by atoms with E-state index >= 15 is 0 Å². The molecule has 0 fully saturated rings. The molecule has 0 radical (unpaired) electrons.